The number of benzene rings is 1. The fourth-order valence-corrected chi connectivity index (χ4v) is 1.82. The molecular formula is C14H9ClF5NO. The summed E-state index contributed by atoms with van der Waals surface area (Å²) in [4.78, 5) is 3.97. The minimum atomic E-state index is -4.69. The van der Waals surface area contributed by atoms with Crippen LogP contribution in [0.3, 0.4) is 0 Å². The van der Waals surface area contributed by atoms with Gasteiger partial charge in [0.1, 0.15) is 11.6 Å². The maximum absolute atomic E-state index is 13.4. The molecule has 2 aromatic rings. The molecule has 0 aliphatic carbocycles. The van der Waals surface area contributed by atoms with E-state index in [1.54, 1.807) is 12.1 Å². The Hall–Kier alpha value is -1.89. The summed E-state index contributed by atoms with van der Waals surface area (Å²) >= 11 is 5.67. The predicted octanol–water partition coefficient (Wildman–Crippen LogP) is 4.70. The second-order valence-electron chi connectivity index (χ2n) is 4.40. The normalized spacial score (nSPS) is 11.8. The van der Waals surface area contributed by atoms with Crippen molar-refractivity contribution in [2.75, 3.05) is 0 Å². The Bertz CT molecular complexity index is 648. The first-order valence-corrected chi connectivity index (χ1v) is 6.39. The van der Waals surface area contributed by atoms with Crippen LogP contribution < -0.4 is 4.74 Å². The third-order valence-corrected chi connectivity index (χ3v) is 2.84. The van der Waals surface area contributed by atoms with E-state index in [9.17, 15) is 22.0 Å². The number of hydrogen-bond acceptors (Lipinski definition) is 2. The molecule has 0 saturated carbocycles. The average molecular weight is 338 g/mol. The molecule has 0 saturated heterocycles. The zero-order valence-corrected chi connectivity index (χ0v) is 11.6. The molecule has 0 aliphatic rings. The van der Waals surface area contributed by atoms with Crippen LogP contribution in [0.4, 0.5) is 22.0 Å². The van der Waals surface area contributed by atoms with E-state index >= 15 is 0 Å². The van der Waals surface area contributed by atoms with Crippen molar-refractivity contribution in [1.29, 1.82) is 0 Å². The van der Waals surface area contributed by atoms with E-state index in [1.165, 1.54) is 6.20 Å². The number of rotatable bonds is 5. The van der Waals surface area contributed by atoms with Gasteiger partial charge >= 0.3 is 12.5 Å². The topological polar surface area (TPSA) is 22.1 Å². The maximum atomic E-state index is 13.4. The van der Waals surface area contributed by atoms with Gasteiger partial charge in [0, 0.05) is 24.4 Å². The van der Waals surface area contributed by atoms with Gasteiger partial charge in [-0.25, -0.2) is 4.39 Å². The third kappa shape index (κ3) is 4.30. The minimum Gasteiger partial charge on any atom is -0.428 e. The van der Waals surface area contributed by atoms with Crippen molar-refractivity contribution in [1.82, 2.24) is 4.98 Å². The summed E-state index contributed by atoms with van der Waals surface area (Å²) in [7, 11) is 0. The third-order valence-electron chi connectivity index (χ3n) is 2.61. The van der Waals surface area contributed by atoms with Crippen LogP contribution in [0, 0.1) is 5.82 Å². The summed E-state index contributed by atoms with van der Waals surface area (Å²) in [6.45, 7) is 0. The number of alkyl halides is 4. The van der Waals surface area contributed by atoms with Crippen LogP contribution in [0.25, 0.3) is 0 Å². The Morgan fingerprint density at radius 1 is 1.18 bits per heavy atom. The molecule has 0 radical (unpaired) electrons. The molecule has 2 rings (SSSR count). The van der Waals surface area contributed by atoms with Gasteiger partial charge in [-0.2, -0.15) is 17.6 Å². The van der Waals surface area contributed by atoms with Crippen LogP contribution >= 0.6 is 11.6 Å². The molecule has 22 heavy (non-hydrogen) atoms. The molecule has 1 aromatic heterocycles. The molecule has 0 unspecified atom stereocenters. The fourth-order valence-electron chi connectivity index (χ4n) is 1.70. The zero-order valence-electron chi connectivity index (χ0n) is 10.9. The summed E-state index contributed by atoms with van der Waals surface area (Å²) < 4.78 is 67.2. The molecule has 0 bridgehead atoms. The van der Waals surface area contributed by atoms with Crippen LogP contribution in [0.15, 0.2) is 36.5 Å². The minimum absolute atomic E-state index is 0.103. The molecule has 8 heteroatoms. The molecule has 2 nitrogen and oxygen atoms in total. The van der Waals surface area contributed by atoms with Crippen LogP contribution in [-0.2, 0) is 6.42 Å². The molecule has 1 aromatic carbocycles. The first kappa shape index (κ1) is 16.5. The molecule has 0 spiro atoms. The van der Waals surface area contributed by atoms with E-state index in [0.717, 1.165) is 12.1 Å². The number of halogens is 6. The van der Waals surface area contributed by atoms with Gasteiger partial charge in [0.2, 0.25) is 0 Å². The monoisotopic (exact) mass is 337 g/mol. The number of ether oxygens (including phenoxy) is 1. The average Bonchev–Trinajstić information content (AvgIpc) is 2.40. The first-order chi connectivity index (χ1) is 10.3. The highest BCUT2D eigenvalue weighted by Gasteiger charge is 2.44. The van der Waals surface area contributed by atoms with Crippen molar-refractivity contribution in [3.05, 3.63) is 58.6 Å². The highest BCUT2D eigenvalue weighted by molar-refractivity contribution is 6.30. The molecule has 0 aliphatic heterocycles. The van der Waals surface area contributed by atoms with E-state index in [-0.39, 0.29) is 12.0 Å². The summed E-state index contributed by atoms with van der Waals surface area (Å²) in [5.74, 6) is -1.57. The molecular weight excluding hydrogens is 329 g/mol. The highest BCUT2D eigenvalue weighted by atomic mass is 35.5. The predicted molar refractivity (Wildman–Crippen MR) is 70.0 cm³/mol. The zero-order chi connectivity index (χ0) is 16.3. The van der Waals surface area contributed by atoms with Crippen molar-refractivity contribution in [3.63, 3.8) is 0 Å². The van der Waals surface area contributed by atoms with Gasteiger partial charge in [0.05, 0.1) is 5.02 Å². The molecule has 1 heterocycles. The van der Waals surface area contributed by atoms with Crippen molar-refractivity contribution in [3.8, 4) is 5.75 Å². The molecule has 0 amide bonds. The van der Waals surface area contributed by atoms with E-state index in [0.29, 0.717) is 16.8 Å². The largest absolute Gasteiger partial charge is 0.461 e. The smallest absolute Gasteiger partial charge is 0.428 e. The number of aromatic nitrogens is 1. The summed E-state index contributed by atoms with van der Waals surface area (Å²) in [6.07, 6.45) is -7.23. The quantitative estimate of drug-likeness (QED) is 0.738. The lowest BCUT2D eigenvalue weighted by Gasteiger charge is -2.17. The number of nitrogens with zero attached hydrogens (tertiary/aromatic N) is 1. The van der Waals surface area contributed by atoms with Crippen LogP contribution in [0.5, 0.6) is 5.75 Å². The van der Waals surface area contributed by atoms with Crippen molar-refractivity contribution >= 4 is 11.6 Å². The van der Waals surface area contributed by atoms with E-state index in [4.69, 9.17) is 11.6 Å². The van der Waals surface area contributed by atoms with Crippen LogP contribution in [-0.4, -0.2) is 17.5 Å². The highest BCUT2D eigenvalue weighted by Crippen LogP contribution is 2.29. The molecule has 0 atom stereocenters. The van der Waals surface area contributed by atoms with Gasteiger partial charge in [-0.1, -0.05) is 11.6 Å². The Morgan fingerprint density at radius 3 is 2.50 bits per heavy atom. The van der Waals surface area contributed by atoms with E-state index in [1.807, 2.05) is 0 Å². The summed E-state index contributed by atoms with van der Waals surface area (Å²) in [5, 5.41) is 0.406. The van der Waals surface area contributed by atoms with Gasteiger partial charge in [-0.3, -0.25) is 4.98 Å². The molecule has 0 N–H and O–H groups in total. The maximum Gasteiger partial charge on any atom is 0.461 e. The van der Waals surface area contributed by atoms with E-state index in [2.05, 4.69) is 9.72 Å². The fraction of sp³-hybridized carbons (Fsp3) is 0.214. The van der Waals surface area contributed by atoms with Crippen molar-refractivity contribution in [2.45, 2.75) is 19.0 Å². The van der Waals surface area contributed by atoms with Gasteiger partial charge < -0.3 is 4.74 Å². The first-order valence-electron chi connectivity index (χ1n) is 6.01. The van der Waals surface area contributed by atoms with Gasteiger partial charge in [-0.15, -0.1) is 0 Å². The second-order valence-corrected chi connectivity index (χ2v) is 4.84. The van der Waals surface area contributed by atoms with Gasteiger partial charge in [0.25, 0.3) is 0 Å². The number of hydrogen-bond donors (Lipinski definition) is 0. The van der Waals surface area contributed by atoms with Crippen molar-refractivity contribution < 1.29 is 26.7 Å². The Labute approximate surface area is 127 Å². The lowest BCUT2D eigenvalue weighted by molar-refractivity contribution is -0.253. The molecule has 118 valence electrons. The Morgan fingerprint density at radius 2 is 1.91 bits per heavy atom. The van der Waals surface area contributed by atoms with Crippen LogP contribution in [0.1, 0.15) is 11.3 Å². The lowest BCUT2D eigenvalue weighted by atomic mass is 10.1. The Kier molecular flexibility index (Phi) is 4.85. The van der Waals surface area contributed by atoms with Gasteiger partial charge in [0.15, 0.2) is 0 Å². The van der Waals surface area contributed by atoms with Gasteiger partial charge in [-0.05, 0) is 29.8 Å². The summed E-state index contributed by atoms with van der Waals surface area (Å²) in [5.41, 5.74) is 0.747. The standard InChI is InChI=1S/C14H9ClF5NO/c15-9-1-2-11(21-7-9)4-8-3-10(16)6-12(5-8)22-14(19,20)13(17)18/h1-3,5-7,13H,4H2. The van der Waals surface area contributed by atoms with E-state index < -0.39 is 24.1 Å². The van der Waals surface area contributed by atoms with Crippen molar-refractivity contribution in [2.24, 2.45) is 0 Å². The SMILES string of the molecule is Fc1cc(Cc2ccc(Cl)cn2)cc(OC(F)(F)C(F)F)c1. The lowest BCUT2D eigenvalue weighted by Crippen LogP contribution is -2.33. The number of pyridine rings is 1. The van der Waals surface area contributed by atoms with Crippen LogP contribution in [0.2, 0.25) is 5.02 Å². The molecule has 0 fully saturated rings. The Balaban J connectivity index is 2.21. The second kappa shape index (κ2) is 6.48. The summed E-state index contributed by atoms with van der Waals surface area (Å²) in [6, 6.07) is 5.86.